The average Bonchev–Trinajstić information content (AvgIpc) is 1.27. The van der Waals surface area contributed by atoms with Crippen LogP contribution in [-0.2, 0) is 0 Å². The lowest BCUT2D eigenvalue weighted by Crippen LogP contribution is -3.33. The summed E-state index contributed by atoms with van der Waals surface area (Å²) in [5.74, 6) is 0. The van der Waals surface area contributed by atoms with Gasteiger partial charge >= 0.3 is 0 Å². The van der Waals surface area contributed by atoms with Crippen LogP contribution < -0.4 is 15.9 Å². The third-order valence-corrected chi connectivity index (χ3v) is 0.352. The second-order valence-corrected chi connectivity index (χ2v) is 1.24. The first kappa shape index (κ1) is 6.80. The summed E-state index contributed by atoms with van der Waals surface area (Å²) in [5, 5.41) is 19.2. The van der Waals surface area contributed by atoms with Crippen molar-refractivity contribution in [2.75, 3.05) is 14.1 Å². The number of hydrogen-bond acceptors (Lipinski definition) is 3. The van der Waals surface area contributed by atoms with E-state index >= 15 is 0 Å². The van der Waals surface area contributed by atoms with Crippen LogP contribution in [0.4, 0.5) is 0 Å². The van der Waals surface area contributed by atoms with E-state index in [0.29, 0.717) is 0 Å². The van der Waals surface area contributed by atoms with Crippen molar-refractivity contribution in [1.29, 1.82) is 0 Å². The summed E-state index contributed by atoms with van der Waals surface area (Å²) in [5.41, 5.74) is 2.03. The van der Waals surface area contributed by atoms with Gasteiger partial charge in [0.15, 0.2) is 0 Å². The van der Waals surface area contributed by atoms with E-state index in [0.717, 1.165) is 0 Å². The molecule has 44 valence electrons. The zero-order valence-electron chi connectivity index (χ0n) is 4.32. The molecule has 5 heteroatoms. The van der Waals surface area contributed by atoms with E-state index in [2.05, 4.69) is 0 Å². The van der Waals surface area contributed by atoms with Crippen LogP contribution in [0.15, 0.2) is 0 Å². The predicted octanol–water partition coefficient (Wildman–Crippen LogP) is -3.57. The van der Waals surface area contributed by atoms with E-state index in [1.807, 2.05) is 5.53 Å². The normalized spacial score (nSPS) is 18.9. The first-order chi connectivity index (χ1) is 3.13. The summed E-state index contributed by atoms with van der Waals surface area (Å²) < 4.78 is 0. The van der Waals surface area contributed by atoms with E-state index in [9.17, 15) is 10.4 Å². The quantitative estimate of drug-likeness (QED) is 0.320. The zero-order chi connectivity index (χ0) is 5.86. The number of hydroxylamine groups is 2. The van der Waals surface area contributed by atoms with E-state index in [4.69, 9.17) is 0 Å². The van der Waals surface area contributed by atoms with Crippen LogP contribution >= 0.6 is 0 Å². The predicted molar refractivity (Wildman–Crippen MR) is 23.6 cm³/mol. The Morgan fingerprint density at radius 3 is 1.43 bits per heavy atom. The maximum Gasteiger partial charge on any atom is 0.0879 e. The molecule has 0 aromatic heterocycles. The van der Waals surface area contributed by atoms with Gasteiger partial charge in [0, 0.05) is 0 Å². The Kier molecular flexibility index (Phi) is 2.81. The van der Waals surface area contributed by atoms with E-state index in [1.54, 1.807) is 0 Å². The lowest BCUT2D eigenvalue weighted by molar-refractivity contribution is -1.10. The van der Waals surface area contributed by atoms with Crippen molar-refractivity contribution in [3.8, 4) is 0 Å². The molecule has 0 aliphatic heterocycles. The fourth-order valence-corrected chi connectivity index (χ4v) is 0.248. The molecule has 2 atom stereocenters. The fraction of sp³-hybridized carbons (Fsp3) is 1.00. The van der Waals surface area contributed by atoms with Crippen LogP contribution in [0.5, 0.6) is 0 Å². The van der Waals surface area contributed by atoms with Crippen LogP contribution in [-0.4, -0.2) is 14.1 Å². The van der Waals surface area contributed by atoms with Gasteiger partial charge in [-0.25, -0.2) is 0 Å². The monoisotopic (exact) mass is 107 g/mol. The largest absolute Gasteiger partial charge is 0.610 e. The topological polar surface area (TPSA) is 67.0 Å². The highest BCUT2D eigenvalue weighted by atomic mass is 16.6. The zero-order valence-corrected chi connectivity index (χ0v) is 4.32. The fourth-order valence-electron chi connectivity index (χ4n) is 0.248. The summed E-state index contributed by atoms with van der Waals surface area (Å²) in [7, 11) is 2.59. The maximum atomic E-state index is 9.92. The molecule has 0 rings (SSSR count). The Bertz CT molecular complexity index is 40.2. The van der Waals surface area contributed by atoms with Gasteiger partial charge in [0.25, 0.3) is 0 Å². The van der Waals surface area contributed by atoms with Gasteiger partial charge in [-0.05, 0) is 5.53 Å². The van der Waals surface area contributed by atoms with Crippen LogP contribution in [0.2, 0.25) is 0 Å². The summed E-state index contributed by atoms with van der Waals surface area (Å²) >= 11 is 0. The van der Waals surface area contributed by atoms with E-state index in [1.165, 1.54) is 14.1 Å². The van der Waals surface area contributed by atoms with Crippen molar-refractivity contribution in [3.05, 3.63) is 10.4 Å². The van der Waals surface area contributed by atoms with E-state index in [-0.39, 0.29) is 10.3 Å². The standard InChI is InChI=1S/C2H9N3O2/c1-4(6)3-5(2)7/h3-5H,1-2H3. The first-order valence-corrected chi connectivity index (χ1v) is 1.91. The molecule has 7 heavy (non-hydrogen) atoms. The molecule has 5 nitrogen and oxygen atoms in total. The molecule has 0 heterocycles. The molecule has 0 aliphatic rings. The van der Waals surface area contributed by atoms with Crippen LogP contribution in [0.25, 0.3) is 0 Å². The van der Waals surface area contributed by atoms with Gasteiger partial charge in [-0.15, -0.1) is 0 Å². The number of quaternary nitrogens is 2. The highest BCUT2D eigenvalue weighted by Gasteiger charge is 1.83. The van der Waals surface area contributed by atoms with E-state index < -0.39 is 0 Å². The third-order valence-electron chi connectivity index (χ3n) is 0.352. The van der Waals surface area contributed by atoms with Crippen molar-refractivity contribution < 1.29 is 10.3 Å². The first-order valence-electron chi connectivity index (χ1n) is 1.91. The van der Waals surface area contributed by atoms with Gasteiger partial charge in [0.05, 0.1) is 14.1 Å². The summed E-state index contributed by atoms with van der Waals surface area (Å²) in [6.45, 7) is 0. The molecule has 0 aliphatic carbocycles. The lowest BCUT2D eigenvalue weighted by Gasteiger charge is -2.21. The van der Waals surface area contributed by atoms with Gasteiger partial charge in [0.1, 0.15) is 0 Å². The second-order valence-electron chi connectivity index (χ2n) is 1.24. The smallest absolute Gasteiger partial charge is 0.0879 e. The molecule has 0 fully saturated rings. The highest BCUT2D eigenvalue weighted by molar-refractivity contribution is 3.91. The Balaban J connectivity index is 2.95. The molecule has 0 aromatic rings. The number of rotatable bonds is 2. The minimum atomic E-state index is -0.312. The molecule has 0 amide bonds. The van der Waals surface area contributed by atoms with Crippen molar-refractivity contribution >= 4 is 0 Å². The summed E-state index contributed by atoms with van der Waals surface area (Å²) in [6, 6.07) is 0. The lowest BCUT2D eigenvalue weighted by atomic mass is 11.4. The Labute approximate surface area is 41.6 Å². The molecule has 2 unspecified atom stereocenters. The Morgan fingerprint density at radius 1 is 1.14 bits per heavy atom. The second kappa shape index (κ2) is 2.89. The van der Waals surface area contributed by atoms with Crippen molar-refractivity contribution in [2.24, 2.45) is 0 Å². The third kappa shape index (κ3) is 5.80. The molecule has 0 saturated carbocycles. The molecular weight excluding hydrogens is 98.0 g/mol. The summed E-state index contributed by atoms with van der Waals surface area (Å²) in [4.78, 5) is 0. The minimum Gasteiger partial charge on any atom is -0.610 e. The molecule has 3 N–H and O–H groups in total. The molecule has 0 saturated heterocycles. The van der Waals surface area contributed by atoms with Crippen molar-refractivity contribution in [2.45, 2.75) is 0 Å². The average molecular weight is 107 g/mol. The number of hydrogen-bond donors (Lipinski definition) is 3. The molecule has 0 bridgehead atoms. The number of nitrogens with one attached hydrogen (secondary N) is 3. The summed E-state index contributed by atoms with van der Waals surface area (Å²) in [6.07, 6.45) is 0. The molecular formula is C2H9N3O2. The van der Waals surface area contributed by atoms with Gasteiger partial charge in [0.2, 0.25) is 0 Å². The van der Waals surface area contributed by atoms with Crippen molar-refractivity contribution in [1.82, 2.24) is 5.53 Å². The van der Waals surface area contributed by atoms with Gasteiger partial charge in [-0.1, -0.05) is 0 Å². The Hall–Kier alpha value is -0.200. The van der Waals surface area contributed by atoms with Crippen LogP contribution in [0, 0.1) is 10.4 Å². The molecule has 0 spiro atoms. The molecule has 0 radical (unpaired) electrons. The highest BCUT2D eigenvalue weighted by Crippen LogP contribution is 1.03. The minimum absolute atomic E-state index is 0.312. The maximum absolute atomic E-state index is 9.92. The van der Waals surface area contributed by atoms with Gasteiger partial charge in [-0.2, -0.15) is 0 Å². The van der Waals surface area contributed by atoms with Gasteiger partial charge in [-0.3, -0.25) is 10.3 Å². The SMILES string of the molecule is C[NH+]([O-])N[NH+](C)[O-]. The van der Waals surface area contributed by atoms with Crippen molar-refractivity contribution in [3.63, 3.8) is 0 Å². The van der Waals surface area contributed by atoms with Gasteiger partial charge < -0.3 is 10.4 Å². The Morgan fingerprint density at radius 2 is 1.43 bits per heavy atom. The molecule has 0 aromatic carbocycles. The van der Waals surface area contributed by atoms with Crippen LogP contribution in [0.3, 0.4) is 0 Å². The van der Waals surface area contributed by atoms with Crippen LogP contribution in [0.1, 0.15) is 0 Å².